The third kappa shape index (κ3) is 4.03. The fraction of sp³-hybridized carbons (Fsp3) is 0.600. The number of nitrogens with one attached hydrogen (secondary N) is 1. The second-order valence-electron chi connectivity index (χ2n) is 5.65. The summed E-state index contributed by atoms with van der Waals surface area (Å²) in [6, 6.07) is 4.14. The molecule has 3 rings (SSSR count). The average Bonchev–Trinajstić information content (AvgIpc) is 3.01. The van der Waals surface area contributed by atoms with E-state index in [0.29, 0.717) is 5.56 Å². The van der Waals surface area contributed by atoms with E-state index in [4.69, 9.17) is 0 Å². The Labute approximate surface area is 144 Å². The van der Waals surface area contributed by atoms with Crippen LogP contribution in [0.2, 0.25) is 0 Å². The number of anilines is 1. The Morgan fingerprint density at radius 1 is 1.23 bits per heavy atom. The lowest BCUT2D eigenvalue weighted by molar-refractivity contribution is 0.0655. The summed E-state index contributed by atoms with van der Waals surface area (Å²) < 4.78 is 0. The first-order valence-electron chi connectivity index (χ1n) is 7.48. The molecule has 0 spiro atoms. The number of rotatable bonds is 2. The minimum Gasteiger partial charge on any atom is -0.357 e. The number of piperazine rings is 1. The van der Waals surface area contributed by atoms with Gasteiger partial charge in [-0.2, -0.15) is 0 Å². The van der Waals surface area contributed by atoms with Crippen LogP contribution < -0.4 is 10.2 Å². The fourth-order valence-corrected chi connectivity index (χ4v) is 2.95. The van der Waals surface area contributed by atoms with E-state index >= 15 is 0 Å². The molecular formula is C15H24Cl2N4O. The van der Waals surface area contributed by atoms with E-state index in [1.807, 2.05) is 17.0 Å². The maximum absolute atomic E-state index is 12.5. The minimum absolute atomic E-state index is 0. The van der Waals surface area contributed by atoms with Gasteiger partial charge in [0.15, 0.2) is 0 Å². The zero-order valence-corrected chi connectivity index (χ0v) is 14.5. The van der Waals surface area contributed by atoms with Crippen molar-refractivity contribution >= 4 is 36.5 Å². The molecule has 0 radical (unpaired) electrons. The van der Waals surface area contributed by atoms with Crippen molar-refractivity contribution in [2.45, 2.75) is 25.8 Å². The van der Waals surface area contributed by atoms with Crippen LogP contribution in [-0.4, -0.2) is 54.6 Å². The summed E-state index contributed by atoms with van der Waals surface area (Å²) in [4.78, 5) is 21.2. The van der Waals surface area contributed by atoms with Crippen LogP contribution in [0.4, 0.5) is 5.82 Å². The number of halogens is 2. The van der Waals surface area contributed by atoms with Crippen molar-refractivity contribution in [1.29, 1.82) is 0 Å². The monoisotopic (exact) mass is 346 g/mol. The molecule has 2 saturated heterocycles. The van der Waals surface area contributed by atoms with E-state index in [1.165, 1.54) is 12.8 Å². The number of hydrogen-bond donors (Lipinski definition) is 1. The van der Waals surface area contributed by atoms with Crippen LogP contribution in [0.3, 0.4) is 0 Å². The molecule has 2 aliphatic heterocycles. The molecule has 0 aromatic carbocycles. The van der Waals surface area contributed by atoms with Crippen LogP contribution in [0, 0.1) is 0 Å². The van der Waals surface area contributed by atoms with E-state index in [0.717, 1.165) is 38.5 Å². The fourth-order valence-electron chi connectivity index (χ4n) is 2.95. The Hall–Kier alpha value is -1.04. The SMILES string of the molecule is C[C@@H]1CNCCN1C(=O)c1ccc(N2CCCC2)nc1.Cl.Cl. The Morgan fingerprint density at radius 2 is 1.95 bits per heavy atom. The van der Waals surface area contributed by atoms with Crippen LogP contribution >= 0.6 is 24.8 Å². The minimum atomic E-state index is 0. The molecule has 1 amide bonds. The first kappa shape index (κ1) is 19.0. The Morgan fingerprint density at radius 3 is 2.55 bits per heavy atom. The Bertz CT molecular complexity index is 477. The highest BCUT2D eigenvalue weighted by Crippen LogP contribution is 2.18. The van der Waals surface area contributed by atoms with E-state index in [2.05, 4.69) is 22.1 Å². The van der Waals surface area contributed by atoms with E-state index in [-0.39, 0.29) is 36.8 Å². The summed E-state index contributed by atoms with van der Waals surface area (Å²) in [5, 5.41) is 3.30. The van der Waals surface area contributed by atoms with E-state index < -0.39 is 0 Å². The molecule has 1 N–H and O–H groups in total. The summed E-state index contributed by atoms with van der Waals surface area (Å²) in [5.74, 6) is 1.09. The van der Waals surface area contributed by atoms with Gasteiger partial charge in [-0.1, -0.05) is 0 Å². The van der Waals surface area contributed by atoms with Crippen molar-refractivity contribution in [2.75, 3.05) is 37.6 Å². The van der Waals surface area contributed by atoms with Crippen LogP contribution in [0.5, 0.6) is 0 Å². The zero-order chi connectivity index (χ0) is 13.9. The summed E-state index contributed by atoms with van der Waals surface area (Å²) in [7, 11) is 0. The normalized spacial score (nSPS) is 21.0. The maximum atomic E-state index is 12.5. The lowest BCUT2D eigenvalue weighted by atomic mass is 10.1. The first-order valence-corrected chi connectivity index (χ1v) is 7.48. The highest BCUT2D eigenvalue weighted by Gasteiger charge is 2.24. The second kappa shape index (κ2) is 8.56. The van der Waals surface area contributed by atoms with Crippen molar-refractivity contribution in [3.63, 3.8) is 0 Å². The highest BCUT2D eigenvalue weighted by atomic mass is 35.5. The van der Waals surface area contributed by atoms with Crippen LogP contribution in [-0.2, 0) is 0 Å². The van der Waals surface area contributed by atoms with Crippen molar-refractivity contribution in [3.05, 3.63) is 23.9 Å². The van der Waals surface area contributed by atoms with Gasteiger partial charge in [-0.25, -0.2) is 4.98 Å². The number of aromatic nitrogens is 1. The molecule has 1 aromatic heterocycles. The van der Waals surface area contributed by atoms with Crippen molar-refractivity contribution in [3.8, 4) is 0 Å². The molecule has 2 aliphatic rings. The number of carbonyl (C=O) groups is 1. The number of hydrogen-bond acceptors (Lipinski definition) is 4. The van der Waals surface area contributed by atoms with Gasteiger partial charge in [0, 0.05) is 45.0 Å². The zero-order valence-electron chi connectivity index (χ0n) is 12.8. The molecule has 1 aromatic rings. The van der Waals surface area contributed by atoms with Crippen molar-refractivity contribution in [1.82, 2.24) is 15.2 Å². The lowest BCUT2D eigenvalue weighted by Gasteiger charge is -2.34. The lowest BCUT2D eigenvalue weighted by Crippen LogP contribution is -2.52. The van der Waals surface area contributed by atoms with Gasteiger partial charge < -0.3 is 15.1 Å². The number of amides is 1. The van der Waals surface area contributed by atoms with Gasteiger partial charge in [0.25, 0.3) is 5.91 Å². The van der Waals surface area contributed by atoms with Gasteiger partial charge >= 0.3 is 0 Å². The summed E-state index contributed by atoms with van der Waals surface area (Å²) in [5.41, 5.74) is 0.696. The number of nitrogens with zero attached hydrogens (tertiary/aromatic N) is 3. The number of carbonyl (C=O) groups excluding carboxylic acids is 1. The molecule has 0 aliphatic carbocycles. The maximum Gasteiger partial charge on any atom is 0.255 e. The molecular weight excluding hydrogens is 323 g/mol. The predicted octanol–water partition coefficient (Wildman–Crippen LogP) is 1.96. The predicted molar refractivity (Wildman–Crippen MR) is 93.5 cm³/mol. The van der Waals surface area contributed by atoms with Crippen molar-refractivity contribution < 1.29 is 4.79 Å². The quantitative estimate of drug-likeness (QED) is 0.889. The van der Waals surface area contributed by atoms with E-state index in [9.17, 15) is 4.79 Å². The van der Waals surface area contributed by atoms with E-state index in [1.54, 1.807) is 6.20 Å². The molecule has 0 saturated carbocycles. The molecule has 0 unspecified atom stereocenters. The molecule has 22 heavy (non-hydrogen) atoms. The Kier molecular flexibility index (Phi) is 7.39. The molecule has 2 fully saturated rings. The van der Waals surface area contributed by atoms with Gasteiger partial charge in [0.1, 0.15) is 5.82 Å². The summed E-state index contributed by atoms with van der Waals surface area (Å²) >= 11 is 0. The smallest absolute Gasteiger partial charge is 0.255 e. The highest BCUT2D eigenvalue weighted by molar-refractivity contribution is 5.94. The average molecular weight is 347 g/mol. The van der Waals surface area contributed by atoms with Crippen LogP contribution in [0.15, 0.2) is 18.3 Å². The topological polar surface area (TPSA) is 48.5 Å². The molecule has 124 valence electrons. The second-order valence-corrected chi connectivity index (χ2v) is 5.65. The first-order chi connectivity index (χ1) is 9.75. The molecule has 0 bridgehead atoms. The van der Waals surface area contributed by atoms with Gasteiger partial charge in [-0.15, -0.1) is 24.8 Å². The third-order valence-corrected chi connectivity index (χ3v) is 4.19. The van der Waals surface area contributed by atoms with Crippen LogP contribution in [0.1, 0.15) is 30.1 Å². The standard InChI is InChI=1S/C15H22N4O.2ClH/c1-12-10-16-6-9-19(12)15(20)13-4-5-14(17-11-13)18-7-2-3-8-18;;/h4-5,11-12,16H,2-3,6-10H2,1H3;2*1H/t12-;;/m1../s1. The molecule has 5 nitrogen and oxygen atoms in total. The van der Waals surface area contributed by atoms with Gasteiger partial charge in [-0.05, 0) is 31.9 Å². The van der Waals surface area contributed by atoms with Gasteiger partial charge in [0.05, 0.1) is 5.56 Å². The molecule has 1 atom stereocenters. The Balaban J connectivity index is 0.00000121. The number of pyridine rings is 1. The van der Waals surface area contributed by atoms with Crippen LogP contribution in [0.25, 0.3) is 0 Å². The van der Waals surface area contributed by atoms with Gasteiger partial charge in [0.2, 0.25) is 0 Å². The molecule has 3 heterocycles. The summed E-state index contributed by atoms with van der Waals surface area (Å²) in [6.45, 7) is 6.74. The summed E-state index contributed by atoms with van der Waals surface area (Å²) in [6.07, 6.45) is 4.20. The van der Waals surface area contributed by atoms with Gasteiger partial charge in [-0.3, -0.25) is 4.79 Å². The largest absolute Gasteiger partial charge is 0.357 e. The van der Waals surface area contributed by atoms with Crippen molar-refractivity contribution in [2.24, 2.45) is 0 Å². The molecule has 7 heteroatoms. The third-order valence-electron chi connectivity index (χ3n) is 4.19.